The Morgan fingerprint density at radius 3 is 2.64 bits per heavy atom. The smallest absolute Gasteiger partial charge is 0.261 e. The summed E-state index contributed by atoms with van der Waals surface area (Å²) in [5.74, 6) is 0.389. The molecule has 2 aromatic heterocycles. The molecule has 7 nitrogen and oxygen atoms in total. The number of aryl methyl sites for hydroxylation is 1. The van der Waals surface area contributed by atoms with E-state index < -0.39 is 0 Å². The fraction of sp³-hybridized carbons (Fsp3) is 0.154. The first-order valence-corrected chi connectivity index (χ1v) is 10.8. The van der Waals surface area contributed by atoms with Crippen molar-refractivity contribution in [3.8, 4) is 0 Å². The van der Waals surface area contributed by atoms with E-state index in [1.807, 2.05) is 73.7 Å². The summed E-state index contributed by atoms with van der Waals surface area (Å²) in [6.07, 6.45) is 2.00. The van der Waals surface area contributed by atoms with Gasteiger partial charge in [0.25, 0.3) is 5.56 Å². The van der Waals surface area contributed by atoms with Crippen molar-refractivity contribution in [2.45, 2.75) is 25.9 Å². The summed E-state index contributed by atoms with van der Waals surface area (Å²) >= 11 is 0. The molecular weight excluding hydrogens is 414 g/mol. The molecule has 0 saturated heterocycles. The first kappa shape index (κ1) is 20.6. The highest BCUT2D eigenvalue weighted by Gasteiger charge is 2.20. The lowest BCUT2D eigenvalue weighted by Crippen LogP contribution is -2.36. The Labute approximate surface area is 190 Å². The maximum Gasteiger partial charge on any atom is 0.261 e. The third-order valence-electron chi connectivity index (χ3n) is 5.72. The molecule has 0 fully saturated rings. The quantitative estimate of drug-likeness (QED) is 0.424. The zero-order valence-electron chi connectivity index (χ0n) is 18.2. The van der Waals surface area contributed by atoms with Crippen LogP contribution in [0.1, 0.15) is 23.0 Å². The summed E-state index contributed by atoms with van der Waals surface area (Å²) < 4.78 is 1.34. The van der Waals surface area contributed by atoms with Crippen molar-refractivity contribution < 1.29 is 4.79 Å². The third-order valence-corrected chi connectivity index (χ3v) is 5.72. The van der Waals surface area contributed by atoms with Crippen LogP contribution in [0.25, 0.3) is 21.9 Å². The van der Waals surface area contributed by atoms with E-state index in [0.29, 0.717) is 23.1 Å². The van der Waals surface area contributed by atoms with Gasteiger partial charge >= 0.3 is 0 Å². The number of carbonyl (C=O) groups excluding carboxylic acids is 1. The van der Waals surface area contributed by atoms with Crippen LogP contribution in [-0.2, 0) is 17.8 Å². The van der Waals surface area contributed by atoms with Gasteiger partial charge in [-0.2, -0.15) is 0 Å². The van der Waals surface area contributed by atoms with E-state index >= 15 is 0 Å². The molecular formula is C26H23N5O2. The van der Waals surface area contributed by atoms with Crippen molar-refractivity contribution >= 4 is 27.8 Å². The van der Waals surface area contributed by atoms with E-state index in [1.165, 1.54) is 10.9 Å². The minimum atomic E-state index is -0.376. The summed E-state index contributed by atoms with van der Waals surface area (Å²) in [5, 5.41) is 3.56. The first-order valence-electron chi connectivity index (χ1n) is 10.8. The maximum absolute atomic E-state index is 13.0. The highest BCUT2D eigenvalue weighted by atomic mass is 16.2. The monoisotopic (exact) mass is 437 g/mol. The second kappa shape index (κ2) is 8.70. The summed E-state index contributed by atoms with van der Waals surface area (Å²) in [6, 6.07) is 22.8. The summed E-state index contributed by atoms with van der Waals surface area (Å²) in [4.78, 5) is 38.3. The fourth-order valence-electron chi connectivity index (χ4n) is 4.05. The molecule has 5 rings (SSSR count). The molecule has 5 aromatic rings. The first-order chi connectivity index (χ1) is 16.1. The van der Waals surface area contributed by atoms with Gasteiger partial charge in [0.05, 0.1) is 34.3 Å². The number of hydrogen-bond acceptors (Lipinski definition) is 4. The number of aromatic amines is 1. The Hall–Kier alpha value is -4.26. The van der Waals surface area contributed by atoms with Gasteiger partial charge in [-0.15, -0.1) is 0 Å². The van der Waals surface area contributed by atoms with Gasteiger partial charge in [0.2, 0.25) is 5.91 Å². The highest BCUT2D eigenvalue weighted by Crippen LogP contribution is 2.20. The number of hydrogen-bond donors (Lipinski definition) is 2. The molecule has 0 bridgehead atoms. The van der Waals surface area contributed by atoms with Crippen molar-refractivity contribution in [2.75, 3.05) is 0 Å². The zero-order chi connectivity index (χ0) is 22.8. The number of H-pyrrole nitrogens is 1. The van der Waals surface area contributed by atoms with Crippen molar-refractivity contribution in [3.05, 3.63) is 106 Å². The Bertz CT molecular complexity index is 1470. The van der Waals surface area contributed by atoms with Crippen LogP contribution < -0.4 is 10.9 Å². The lowest BCUT2D eigenvalue weighted by molar-refractivity contribution is -0.122. The van der Waals surface area contributed by atoms with Gasteiger partial charge in [-0.3, -0.25) is 14.2 Å². The topological polar surface area (TPSA) is 92.7 Å². The van der Waals surface area contributed by atoms with Crippen molar-refractivity contribution in [1.82, 2.24) is 24.8 Å². The van der Waals surface area contributed by atoms with E-state index in [9.17, 15) is 9.59 Å². The van der Waals surface area contributed by atoms with Gasteiger partial charge in [0, 0.05) is 0 Å². The molecule has 33 heavy (non-hydrogen) atoms. The Morgan fingerprint density at radius 1 is 1.03 bits per heavy atom. The van der Waals surface area contributed by atoms with Gasteiger partial charge in [-0.05, 0) is 42.7 Å². The number of imidazole rings is 1. The molecule has 3 aromatic carbocycles. The van der Waals surface area contributed by atoms with Crippen LogP contribution in [0.3, 0.4) is 0 Å². The van der Waals surface area contributed by atoms with E-state index in [0.717, 1.165) is 22.2 Å². The molecule has 0 radical (unpaired) electrons. The molecule has 0 saturated carbocycles. The zero-order valence-corrected chi connectivity index (χ0v) is 18.2. The van der Waals surface area contributed by atoms with Gasteiger partial charge < -0.3 is 10.3 Å². The van der Waals surface area contributed by atoms with Gasteiger partial charge in [0.15, 0.2) is 0 Å². The lowest BCUT2D eigenvalue weighted by atomic mass is 10.1. The van der Waals surface area contributed by atoms with Crippen LogP contribution in [-0.4, -0.2) is 25.4 Å². The van der Waals surface area contributed by atoms with E-state index in [1.54, 1.807) is 6.07 Å². The molecule has 2 N–H and O–H groups in total. The van der Waals surface area contributed by atoms with Crippen LogP contribution in [0, 0.1) is 6.92 Å². The molecule has 2 heterocycles. The Balaban J connectivity index is 1.43. The largest absolute Gasteiger partial charge is 0.344 e. The number of benzene rings is 3. The molecule has 164 valence electrons. The van der Waals surface area contributed by atoms with Crippen LogP contribution >= 0.6 is 0 Å². The molecule has 0 aliphatic rings. The fourth-order valence-corrected chi connectivity index (χ4v) is 4.05. The number of aromatic nitrogens is 4. The molecule has 0 aliphatic carbocycles. The average molecular weight is 438 g/mol. The van der Waals surface area contributed by atoms with Gasteiger partial charge in [-0.25, -0.2) is 9.97 Å². The maximum atomic E-state index is 13.0. The van der Waals surface area contributed by atoms with Crippen molar-refractivity contribution in [1.29, 1.82) is 0 Å². The second-order valence-corrected chi connectivity index (χ2v) is 8.10. The number of fused-ring (bicyclic) bond motifs is 2. The normalized spacial score (nSPS) is 12.2. The minimum absolute atomic E-state index is 0.124. The number of para-hydroxylation sites is 3. The summed E-state index contributed by atoms with van der Waals surface area (Å²) in [7, 11) is 0. The van der Waals surface area contributed by atoms with Crippen molar-refractivity contribution in [2.24, 2.45) is 0 Å². The number of carbonyl (C=O) groups is 1. The SMILES string of the molecule is Cc1cccc2c(=O)n(CC(=O)NC(Cc3ccccc3)c3nc4ccccc4[nH]3)cnc12. The standard InChI is InChI=1S/C26H23N5O2/c1-17-8-7-11-19-24(17)27-16-31(26(19)33)15-23(32)28-22(14-18-9-3-2-4-10-18)25-29-20-12-5-6-13-21(20)30-25/h2-13,16,22H,14-15H2,1H3,(H,28,32)(H,29,30). The van der Waals surface area contributed by atoms with Crippen molar-refractivity contribution in [3.63, 3.8) is 0 Å². The summed E-state index contributed by atoms with van der Waals surface area (Å²) in [6.45, 7) is 1.79. The van der Waals surface area contributed by atoms with E-state index in [4.69, 9.17) is 0 Å². The molecule has 0 aliphatic heterocycles. The second-order valence-electron chi connectivity index (χ2n) is 8.10. The summed E-state index contributed by atoms with van der Waals surface area (Å²) in [5.41, 5.74) is 4.16. The molecule has 1 atom stereocenters. The number of nitrogens with zero attached hydrogens (tertiary/aromatic N) is 3. The van der Waals surface area contributed by atoms with Crippen LogP contribution in [0.5, 0.6) is 0 Å². The number of nitrogens with one attached hydrogen (secondary N) is 2. The van der Waals surface area contributed by atoms with Crippen LogP contribution in [0.2, 0.25) is 0 Å². The van der Waals surface area contributed by atoms with Crippen LogP contribution in [0.4, 0.5) is 0 Å². The van der Waals surface area contributed by atoms with Gasteiger partial charge in [0.1, 0.15) is 12.4 Å². The molecule has 0 spiro atoms. The van der Waals surface area contributed by atoms with E-state index in [2.05, 4.69) is 20.3 Å². The lowest BCUT2D eigenvalue weighted by Gasteiger charge is -2.17. The van der Waals surface area contributed by atoms with Gasteiger partial charge in [-0.1, -0.05) is 54.6 Å². The van der Waals surface area contributed by atoms with Crippen LogP contribution in [0.15, 0.2) is 83.9 Å². The predicted octanol–water partition coefficient (Wildman–Crippen LogP) is 3.68. The number of rotatable bonds is 6. The molecule has 1 amide bonds. The van der Waals surface area contributed by atoms with E-state index in [-0.39, 0.29) is 24.1 Å². The average Bonchev–Trinajstić information content (AvgIpc) is 3.26. The Kier molecular flexibility index (Phi) is 5.44. The number of amides is 1. The molecule has 1 unspecified atom stereocenters. The minimum Gasteiger partial charge on any atom is -0.344 e. The molecule has 7 heteroatoms. The predicted molar refractivity (Wildman–Crippen MR) is 128 cm³/mol. The third kappa shape index (κ3) is 4.25. The highest BCUT2D eigenvalue weighted by molar-refractivity contribution is 5.81. The Morgan fingerprint density at radius 2 is 1.82 bits per heavy atom.